The number of carbonyl (C=O) groups is 1. The highest BCUT2D eigenvalue weighted by molar-refractivity contribution is 6.04. The van der Waals surface area contributed by atoms with Gasteiger partial charge in [-0.3, -0.25) is 4.79 Å². The molecule has 1 atom stereocenters. The molecule has 1 saturated heterocycles. The molecule has 5 heteroatoms. The summed E-state index contributed by atoms with van der Waals surface area (Å²) < 4.78 is 5.58. The Morgan fingerprint density at radius 1 is 1.03 bits per heavy atom. The van der Waals surface area contributed by atoms with Crippen LogP contribution in [0.4, 0.5) is 11.4 Å². The molecule has 0 spiro atoms. The van der Waals surface area contributed by atoms with Crippen molar-refractivity contribution in [1.29, 1.82) is 0 Å². The lowest BCUT2D eigenvalue weighted by molar-refractivity contribution is 0.102. The van der Waals surface area contributed by atoms with Gasteiger partial charge >= 0.3 is 0 Å². The zero-order valence-electron chi connectivity index (χ0n) is 19.0. The van der Waals surface area contributed by atoms with Crippen LogP contribution in [0.2, 0.25) is 0 Å². The predicted octanol–water partition coefficient (Wildman–Crippen LogP) is 5.14. The van der Waals surface area contributed by atoms with Crippen LogP contribution in [0, 0.1) is 0 Å². The van der Waals surface area contributed by atoms with Crippen LogP contribution in [0.25, 0.3) is 11.1 Å². The minimum Gasteiger partial charge on any atom is -0.494 e. The lowest BCUT2D eigenvalue weighted by Crippen LogP contribution is -2.31. The molecule has 0 saturated carbocycles. The Hall–Kier alpha value is -3.31. The van der Waals surface area contributed by atoms with E-state index in [9.17, 15) is 4.79 Å². The monoisotopic (exact) mass is 429 g/mol. The van der Waals surface area contributed by atoms with Crippen molar-refractivity contribution in [2.24, 2.45) is 0 Å². The van der Waals surface area contributed by atoms with E-state index in [1.54, 1.807) is 0 Å². The maximum atomic E-state index is 12.7. The molecular weight excluding hydrogens is 398 g/mol. The molecule has 0 aromatic heterocycles. The molecule has 1 unspecified atom stereocenters. The molecule has 1 fully saturated rings. The molecule has 5 nitrogen and oxygen atoms in total. The van der Waals surface area contributed by atoms with Crippen molar-refractivity contribution >= 4 is 17.3 Å². The van der Waals surface area contributed by atoms with Gasteiger partial charge in [0.25, 0.3) is 5.91 Å². The van der Waals surface area contributed by atoms with Gasteiger partial charge in [-0.2, -0.15) is 0 Å². The summed E-state index contributed by atoms with van der Waals surface area (Å²) in [5.41, 5.74) is 4.75. The highest BCUT2D eigenvalue weighted by Gasteiger charge is 2.24. The zero-order chi connectivity index (χ0) is 22.5. The fourth-order valence-electron chi connectivity index (χ4n) is 4.10. The number of nitrogens with zero attached hydrogens (tertiary/aromatic N) is 2. The summed E-state index contributed by atoms with van der Waals surface area (Å²) in [7, 11) is 4.27. The molecular formula is C27H31N3O2. The first-order valence-electron chi connectivity index (χ1n) is 11.2. The number of anilines is 2. The molecule has 0 bridgehead atoms. The highest BCUT2D eigenvalue weighted by atomic mass is 16.5. The molecule has 1 aliphatic heterocycles. The van der Waals surface area contributed by atoms with Crippen LogP contribution in [0.3, 0.4) is 0 Å². The fourth-order valence-corrected chi connectivity index (χ4v) is 4.10. The third-order valence-electron chi connectivity index (χ3n) is 6.01. The molecule has 1 aliphatic rings. The quantitative estimate of drug-likeness (QED) is 0.565. The van der Waals surface area contributed by atoms with Gasteiger partial charge < -0.3 is 19.9 Å². The van der Waals surface area contributed by atoms with E-state index in [-0.39, 0.29) is 5.91 Å². The summed E-state index contributed by atoms with van der Waals surface area (Å²) in [5.74, 6) is 0.739. The van der Waals surface area contributed by atoms with Crippen LogP contribution >= 0.6 is 0 Å². The van der Waals surface area contributed by atoms with Gasteiger partial charge in [0.1, 0.15) is 5.75 Å². The third kappa shape index (κ3) is 5.11. The molecule has 32 heavy (non-hydrogen) atoms. The maximum absolute atomic E-state index is 12.7. The number of hydrogen-bond donors (Lipinski definition) is 1. The third-order valence-corrected chi connectivity index (χ3v) is 6.01. The predicted molar refractivity (Wildman–Crippen MR) is 132 cm³/mol. The average molecular weight is 430 g/mol. The summed E-state index contributed by atoms with van der Waals surface area (Å²) >= 11 is 0. The minimum atomic E-state index is -0.110. The van der Waals surface area contributed by atoms with E-state index in [0.717, 1.165) is 35.7 Å². The second-order valence-corrected chi connectivity index (χ2v) is 8.39. The molecule has 3 aromatic rings. The molecule has 1 heterocycles. The Morgan fingerprint density at radius 3 is 2.44 bits per heavy atom. The van der Waals surface area contributed by atoms with Gasteiger partial charge in [-0.25, -0.2) is 0 Å². The van der Waals surface area contributed by atoms with Gasteiger partial charge in [0.2, 0.25) is 0 Å². The average Bonchev–Trinajstić information content (AvgIpc) is 3.31. The zero-order valence-corrected chi connectivity index (χ0v) is 19.0. The minimum absolute atomic E-state index is 0.110. The first-order valence-corrected chi connectivity index (χ1v) is 11.2. The first kappa shape index (κ1) is 21.9. The SMILES string of the molecule is CCOc1cccc(-c2ccc(C(=O)Nc3ccc(N4CCC(N(C)C)C4)cc3)cc2)c1. The van der Waals surface area contributed by atoms with Gasteiger partial charge in [-0.1, -0.05) is 24.3 Å². The maximum Gasteiger partial charge on any atom is 0.255 e. The van der Waals surface area contributed by atoms with E-state index < -0.39 is 0 Å². The van der Waals surface area contributed by atoms with Gasteiger partial charge in [0.15, 0.2) is 0 Å². The normalized spacial score (nSPS) is 15.8. The Bertz CT molecular complexity index is 1050. The Morgan fingerprint density at radius 2 is 1.78 bits per heavy atom. The lowest BCUT2D eigenvalue weighted by Gasteiger charge is -2.22. The van der Waals surface area contributed by atoms with Crippen LogP contribution in [0.5, 0.6) is 5.75 Å². The molecule has 1 amide bonds. The van der Waals surface area contributed by atoms with E-state index in [1.807, 2.05) is 67.6 Å². The summed E-state index contributed by atoms with van der Waals surface area (Å²) in [6.07, 6.45) is 1.18. The Kier molecular flexibility index (Phi) is 6.76. The summed E-state index contributed by atoms with van der Waals surface area (Å²) in [6, 6.07) is 24.4. The molecule has 166 valence electrons. The van der Waals surface area contributed by atoms with Crippen molar-refractivity contribution in [3.8, 4) is 16.9 Å². The van der Waals surface area contributed by atoms with Crippen molar-refractivity contribution in [2.45, 2.75) is 19.4 Å². The molecule has 3 aromatic carbocycles. The summed E-state index contributed by atoms with van der Waals surface area (Å²) in [4.78, 5) is 17.4. The van der Waals surface area contributed by atoms with Crippen molar-refractivity contribution in [3.05, 3.63) is 78.4 Å². The highest BCUT2D eigenvalue weighted by Crippen LogP contribution is 2.26. The molecule has 0 aliphatic carbocycles. The molecule has 1 N–H and O–H groups in total. The Labute approximate surface area is 190 Å². The summed E-state index contributed by atoms with van der Waals surface area (Å²) in [5, 5.41) is 3.00. The number of nitrogens with one attached hydrogen (secondary N) is 1. The topological polar surface area (TPSA) is 44.8 Å². The van der Waals surface area contributed by atoms with E-state index in [4.69, 9.17) is 4.74 Å². The fraction of sp³-hybridized carbons (Fsp3) is 0.296. The second kappa shape index (κ2) is 9.88. The number of likely N-dealkylation sites (N-methyl/N-ethyl adjacent to an activating group) is 1. The van der Waals surface area contributed by atoms with Gasteiger partial charge in [-0.15, -0.1) is 0 Å². The van der Waals surface area contributed by atoms with Crippen molar-refractivity contribution in [2.75, 3.05) is 44.0 Å². The van der Waals surface area contributed by atoms with E-state index in [2.05, 4.69) is 41.3 Å². The number of carbonyl (C=O) groups excluding carboxylic acids is 1. The number of amides is 1. The Balaban J connectivity index is 1.38. The van der Waals surface area contributed by atoms with Crippen molar-refractivity contribution in [1.82, 2.24) is 4.90 Å². The van der Waals surface area contributed by atoms with E-state index in [1.165, 1.54) is 12.1 Å². The van der Waals surface area contributed by atoms with Crippen LogP contribution in [0.15, 0.2) is 72.8 Å². The van der Waals surface area contributed by atoms with Crippen LogP contribution in [0.1, 0.15) is 23.7 Å². The second-order valence-electron chi connectivity index (χ2n) is 8.39. The molecule has 0 radical (unpaired) electrons. The largest absolute Gasteiger partial charge is 0.494 e. The van der Waals surface area contributed by atoms with Crippen molar-refractivity contribution < 1.29 is 9.53 Å². The van der Waals surface area contributed by atoms with Crippen LogP contribution in [-0.4, -0.2) is 50.6 Å². The molecule has 4 rings (SSSR count). The van der Waals surface area contributed by atoms with Gasteiger partial charge in [-0.05, 0) is 87.1 Å². The smallest absolute Gasteiger partial charge is 0.255 e. The van der Waals surface area contributed by atoms with Crippen LogP contribution < -0.4 is 15.0 Å². The van der Waals surface area contributed by atoms with E-state index in [0.29, 0.717) is 18.2 Å². The van der Waals surface area contributed by atoms with Gasteiger partial charge in [0.05, 0.1) is 6.61 Å². The number of ether oxygens (including phenoxy) is 1. The standard InChI is InChI=1S/C27H31N3O2/c1-4-32-26-7-5-6-22(18-26)20-8-10-21(11-9-20)27(31)28-23-12-14-24(15-13-23)30-17-16-25(19-30)29(2)3/h5-15,18,25H,4,16-17,19H2,1-3H3,(H,28,31). The number of benzene rings is 3. The lowest BCUT2D eigenvalue weighted by atomic mass is 10.0. The van der Waals surface area contributed by atoms with Crippen LogP contribution in [-0.2, 0) is 0 Å². The first-order chi connectivity index (χ1) is 15.5. The number of rotatable bonds is 7. The number of hydrogen-bond acceptors (Lipinski definition) is 4. The van der Waals surface area contributed by atoms with Gasteiger partial charge in [0, 0.05) is 36.1 Å². The van der Waals surface area contributed by atoms with Crippen molar-refractivity contribution in [3.63, 3.8) is 0 Å². The van der Waals surface area contributed by atoms with E-state index >= 15 is 0 Å². The summed E-state index contributed by atoms with van der Waals surface area (Å²) in [6.45, 7) is 4.71.